The number of thiophene rings is 1. The second-order valence-electron chi connectivity index (χ2n) is 4.07. The number of carboxylic acid groups (broad SMARTS) is 1. The summed E-state index contributed by atoms with van der Waals surface area (Å²) < 4.78 is 2.00. The number of aromatic nitrogens is 1. The lowest BCUT2D eigenvalue weighted by atomic mass is 10.2. The van der Waals surface area contributed by atoms with Gasteiger partial charge in [0.1, 0.15) is 5.01 Å². The molecule has 0 spiro atoms. The summed E-state index contributed by atoms with van der Waals surface area (Å²) in [4.78, 5) is 16.6. The lowest BCUT2D eigenvalue weighted by Gasteiger charge is -1.91. The maximum Gasteiger partial charge on any atom is 0.335 e. The molecule has 2 aromatic heterocycles. The van der Waals surface area contributed by atoms with Crippen LogP contribution in [0.5, 0.6) is 0 Å². The summed E-state index contributed by atoms with van der Waals surface area (Å²) in [6.45, 7) is 2.04. The lowest BCUT2D eigenvalue weighted by Crippen LogP contribution is -1.94. The van der Waals surface area contributed by atoms with E-state index in [1.165, 1.54) is 16.9 Å². The molecule has 3 aromatic rings. The first kappa shape index (κ1) is 12.8. The number of nitrogens with zero attached hydrogens (tertiary/aromatic N) is 1. The standard InChI is InChI=1S/C13H8BrNO2S2/c1-6-4-10(18-11(6)14)12-15-8-3-2-7(13(16)17)5-9(8)19-12/h2-5H,1H3,(H,16,17). The van der Waals surface area contributed by atoms with Crippen molar-refractivity contribution >= 4 is 54.8 Å². The number of benzene rings is 1. The quantitative estimate of drug-likeness (QED) is 0.720. The fourth-order valence-corrected chi connectivity index (χ4v) is 4.31. The number of hydrogen-bond donors (Lipinski definition) is 1. The van der Waals surface area contributed by atoms with Crippen molar-refractivity contribution in [3.63, 3.8) is 0 Å². The largest absolute Gasteiger partial charge is 0.478 e. The SMILES string of the molecule is Cc1cc(-c2nc3ccc(C(=O)O)cc3s2)sc1Br. The van der Waals surface area contributed by atoms with Crippen LogP contribution in [0.25, 0.3) is 20.1 Å². The van der Waals surface area contributed by atoms with Gasteiger partial charge in [0.25, 0.3) is 0 Å². The zero-order valence-electron chi connectivity index (χ0n) is 9.81. The van der Waals surface area contributed by atoms with Gasteiger partial charge in [0.2, 0.25) is 0 Å². The summed E-state index contributed by atoms with van der Waals surface area (Å²) in [6.07, 6.45) is 0. The molecule has 0 saturated heterocycles. The van der Waals surface area contributed by atoms with Gasteiger partial charge in [0.05, 0.1) is 24.4 Å². The first-order chi connectivity index (χ1) is 9.04. The van der Waals surface area contributed by atoms with Gasteiger partial charge in [-0.25, -0.2) is 9.78 Å². The van der Waals surface area contributed by atoms with Crippen molar-refractivity contribution in [2.45, 2.75) is 6.92 Å². The minimum absolute atomic E-state index is 0.297. The highest BCUT2D eigenvalue weighted by molar-refractivity contribution is 9.11. The van der Waals surface area contributed by atoms with Crippen molar-refractivity contribution in [3.8, 4) is 9.88 Å². The highest BCUT2D eigenvalue weighted by Gasteiger charge is 2.12. The molecule has 19 heavy (non-hydrogen) atoms. The number of aromatic carboxylic acids is 1. The lowest BCUT2D eigenvalue weighted by molar-refractivity contribution is 0.0697. The number of carboxylic acids is 1. The Hall–Kier alpha value is -1.24. The van der Waals surface area contributed by atoms with E-state index in [2.05, 4.69) is 27.0 Å². The molecule has 1 aromatic carbocycles. The van der Waals surface area contributed by atoms with E-state index in [9.17, 15) is 4.79 Å². The molecule has 0 radical (unpaired) electrons. The fraction of sp³-hybridized carbons (Fsp3) is 0.0769. The Labute approximate surface area is 125 Å². The first-order valence-corrected chi connectivity index (χ1v) is 7.87. The molecule has 1 N–H and O–H groups in total. The molecule has 3 rings (SSSR count). The number of thiazole rings is 1. The molecule has 0 saturated carbocycles. The van der Waals surface area contributed by atoms with E-state index >= 15 is 0 Å². The van der Waals surface area contributed by atoms with Crippen LogP contribution in [0.2, 0.25) is 0 Å². The summed E-state index contributed by atoms with van der Waals surface area (Å²) in [7, 11) is 0. The van der Waals surface area contributed by atoms with E-state index in [-0.39, 0.29) is 0 Å². The molecule has 2 heterocycles. The molecule has 0 fully saturated rings. The Morgan fingerprint density at radius 3 is 2.74 bits per heavy atom. The maximum atomic E-state index is 10.9. The molecular formula is C13H8BrNO2S2. The summed E-state index contributed by atoms with van der Waals surface area (Å²) in [5, 5.41) is 9.92. The van der Waals surface area contributed by atoms with Crippen LogP contribution in [0.15, 0.2) is 28.1 Å². The predicted molar refractivity (Wildman–Crippen MR) is 82.3 cm³/mol. The molecule has 0 bridgehead atoms. The van der Waals surface area contributed by atoms with Crippen LogP contribution in [0.1, 0.15) is 15.9 Å². The van der Waals surface area contributed by atoms with Crippen LogP contribution in [-0.2, 0) is 0 Å². The molecule has 3 nitrogen and oxygen atoms in total. The van der Waals surface area contributed by atoms with Crippen LogP contribution in [0.4, 0.5) is 0 Å². The van der Waals surface area contributed by atoms with E-state index in [4.69, 9.17) is 5.11 Å². The fourth-order valence-electron chi connectivity index (χ4n) is 1.73. The van der Waals surface area contributed by atoms with Crippen molar-refractivity contribution in [1.29, 1.82) is 0 Å². The molecule has 0 atom stereocenters. The summed E-state index contributed by atoms with van der Waals surface area (Å²) in [5.74, 6) is -0.911. The molecule has 0 unspecified atom stereocenters. The van der Waals surface area contributed by atoms with Gasteiger partial charge < -0.3 is 5.11 Å². The Balaban J connectivity index is 2.13. The zero-order valence-corrected chi connectivity index (χ0v) is 13.0. The minimum Gasteiger partial charge on any atom is -0.478 e. The summed E-state index contributed by atoms with van der Waals surface area (Å²) >= 11 is 6.67. The number of fused-ring (bicyclic) bond motifs is 1. The van der Waals surface area contributed by atoms with Crippen LogP contribution in [0.3, 0.4) is 0 Å². The van der Waals surface area contributed by atoms with Crippen molar-refractivity contribution in [3.05, 3.63) is 39.2 Å². The second kappa shape index (κ2) is 4.70. The van der Waals surface area contributed by atoms with E-state index in [0.717, 1.165) is 23.9 Å². The zero-order chi connectivity index (χ0) is 13.6. The van der Waals surface area contributed by atoms with Crippen LogP contribution in [0, 0.1) is 6.92 Å². The molecular weight excluding hydrogens is 346 g/mol. The molecule has 0 aliphatic carbocycles. The second-order valence-corrected chi connectivity index (χ2v) is 7.47. The highest BCUT2D eigenvalue weighted by atomic mass is 79.9. The summed E-state index contributed by atoms with van der Waals surface area (Å²) in [6, 6.07) is 7.11. The van der Waals surface area contributed by atoms with Gasteiger partial charge in [-0.2, -0.15) is 0 Å². The smallest absolute Gasteiger partial charge is 0.335 e. The average molecular weight is 354 g/mol. The summed E-state index contributed by atoms with van der Waals surface area (Å²) in [5.41, 5.74) is 2.32. The third-order valence-corrected chi connectivity index (χ3v) is 6.03. The number of halogens is 1. The maximum absolute atomic E-state index is 10.9. The monoisotopic (exact) mass is 353 g/mol. The van der Waals surface area contributed by atoms with Crippen molar-refractivity contribution in [2.75, 3.05) is 0 Å². The molecule has 6 heteroatoms. The van der Waals surface area contributed by atoms with Gasteiger partial charge in [-0.1, -0.05) is 0 Å². The Kier molecular flexibility index (Phi) is 3.16. The third-order valence-electron chi connectivity index (χ3n) is 2.70. The normalized spacial score (nSPS) is 11.1. The van der Waals surface area contributed by atoms with Crippen LogP contribution >= 0.6 is 38.6 Å². The van der Waals surface area contributed by atoms with Crippen LogP contribution < -0.4 is 0 Å². The number of rotatable bonds is 2. The minimum atomic E-state index is -0.911. The van der Waals surface area contributed by atoms with Crippen LogP contribution in [-0.4, -0.2) is 16.1 Å². The number of hydrogen-bond acceptors (Lipinski definition) is 4. The number of carbonyl (C=O) groups is 1. The number of aryl methyl sites for hydroxylation is 1. The molecule has 0 aliphatic heterocycles. The van der Waals surface area contributed by atoms with Gasteiger partial charge in [-0.05, 0) is 52.7 Å². The average Bonchev–Trinajstić information content (AvgIpc) is 2.92. The van der Waals surface area contributed by atoms with Gasteiger partial charge >= 0.3 is 5.97 Å². The van der Waals surface area contributed by atoms with Crippen molar-refractivity contribution in [1.82, 2.24) is 4.98 Å². The van der Waals surface area contributed by atoms with Gasteiger partial charge in [0.15, 0.2) is 0 Å². The molecule has 0 amide bonds. The van der Waals surface area contributed by atoms with Crippen molar-refractivity contribution in [2.24, 2.45) is 0 Å². The Morgan fingerprint density at radius 1 is 1.32 bits per heavy atom. The van der Waals surface area contributed by atoms with Gasteiger partial charge in [-0.15, -0.1) is 22.7 Å². The Morgan fingerprint density at radius 2 is 2.11 bits per heavy atom. The van der Waals surface area contributed by atoms with Gasteiger partial charge in [-0.3, -0.25) is 0 Å². The van der Waals surface area contributed by atoms with E-state index in [1.807, 2.05) is 6.92 Å². The third kappa shape index (κ3) is 2.31. The highest BCUT2D eigenvalue weighted by Crippen LogP contribution is 2.38. The predicted octanol–water partition coefficient (Wildman–Crippen LogP) is 4.79. The van der Waals surface area contributed by atoms with E-state index < -0.39 is 5.97 Å². The van der Waals surface area contributed by atoms with Gasteiger partial charge in [0, 0.05) is 0 Å². The van der Waals surface area contributed by atoms with E-state index in [0.29, 0.717) is 5.56 Å². The van der Waals surface area contributed by atoms with Crippen molar-refractivity contribution < 1.29 is 9.90 Å². The molecule has 96 valence electrons. The topological polar surface area (TPSA) is 50.2 Å². The molecule has 0 aliphatic rings. The first-order valence-electron chi connectivity index (χ1n) is 5.45. The Bertz CT molecular complexity index is 772. The van der Waals surface area contributed by atoms with E-state index in [1.54, 1.807) is 29.5 Å².